The number of hydrogen-bond donors (Lipinski definition) is 1. The summed E-state index contributed by atoms with van der Waals surface area (Å²) in [7, 11) is 2.93. The van der Waals surface area contributed by atoms with Gasteiger partial charge in [0.05, 0.1) is 23.9 Å². The Morgan fingerprint density at radius 1 is 0.796 bits per heavy atom. The minimum Gasteiger partial charge on any atom is -0.468 e. The van der Waals surface area contributed by atoms with E-state index in [9.17, 15) is 14.4 Å². The summed E-state index contributed by atoms with van der Waals surface area (Å²) in [6, 6.07) is 36.4. The van der Waals surface area contributed by atoms with E-state index in [0.29, 0.717) is 16.6 Å². The first kappa shape index (κ1) is 31.3. The molecule has 0 radical (unpaired) electrons. The van der Waals surface area contributed by atoms with E-state index in [0.717, 1.165) is 26.8 Å². The molecule has 10 heteroatoms. The molecule has 3 aromatic heterocycles. The lowest BCUT2D eigenvalue weighted by Gasteiger charge is -2.39. The molecule has 0 aliphatic rings. The summed E-state index contributed by atoms with van der Waals surface area (Å²) < 4.78 is 7.81. The number of pyridine rings is 1. The van der Waals surface area contributed by atoms with Crippen LogP contribution < -0.4 is 16.6 Å². The van der Waals surface area contributed by atoms with Gasteiger partial charge in [0, 0.05) is 24.8 Å². The predicted octanol–water partition coefficient (Wildman–Crippen LogP) is 4.69. The lowest BCUT2D eigenvalue weighted by Crippen LogP contribution is -2.53. The largest absolute Gasteiger partial charge is 0.468 e. The highest BCUT2D eigenvalue weighted by Gasteiger charge is 2.40. The Balaban J connectivity index is 1.40. The van der Waals surface area contributed by atoms with Crippen LogP contribution in [0, 0.1) is 0 Å². The number of nitrogens with one attached hydrogen (secondary N) is 1. The summed E-state index contributed by atoms with van der Waals surface area (Å²) in [6.45, 7) is 0. The lowest BCUT2D eigenvalue weighted by molar-refractivity contribution is -0.143. The van der Waals surface area contributed by atoms with Crippen LogP contribution in [-0.4, -0.2) is 43.2 Å². The smallest absolute Gasteiger partial charge is 0.337 e. The van der Waals surface area contributed by atoms with Gasteiger partial charge >= 0.3 is 11.7 Å². The fraction of sp³-hybridized carbons (Fsp3) is 0.128. The third-order valence-corrected chi connectivity index (χ3v) is 8.92. The summed E-state index contributed by atoms with van der Waals surface area (Å²) in [5.74, 6) is -0.451. The molecule has 0 bridgehead atoms. The number of nitrogens with zero attached hydrogens (tertiary/aromatic N) is 5. The highest BCUT2D eigenvalue weighted by Crippen LogP contribution is 2.38. The molecule has 4 aromatic carbocycles. The van der Waals surface area contributed by atoms with Crippen LogP contribution in [0.1, 0.15) is 22.3 Å². The first-order chi connectivity index (χ1) is 23.9. The minimum atomic E-state index is -0.941. The zero-order chi connectivity index (χ0) is 34.0. The fourth-order valence-corrected chi connectivity index (χ4v) is 6.61. The number of methoxy groups -OCH3 is 1. The first-order valence-electron chi connectivity index (χ1n) is 15.7. The lowest BCUT2D eigenvalue weighted by atomic mass is 9.76. The average molecular weight is 649 g/mol. The van der Waals surface area contributed by atoms with Crippen molar-refractivity contribution >= 4 is 27.9 Å². The monoisotopic (exact) mass is 648 g/mol. The van der Waals surface area contributed by atoms with Gasteiger partial charge in [0.15, 0.2) is 5.65 Å². The standard InChI is InChI=1S/C39H32N6O4/c1-44-35-31(24-40-25-42-35)36(46)45(38(44)48)33-21-20-26(30-19-12-22-41-34(30)33)23-32(37(47)49-2)43-39(27-13-6-3-7-14-27,28-15-8-4-9-16-28)29-17-10-5-11-18-29/h3-22,24-25,32,43H,23H2,1-2H3/t32-/m0/s1. The molecule has 1 atom stereocenters. The fourth-order valence-electron chi connectivity index (χ4n) is 6.61. The van der Waals surface area contributed by atoms with E-state index in [-0.39, 0.29) is 17.5 Å². The molecule has 0 spiro atoms. The molecule has 0 unspecified atom stereocenters. The van der Waals surface area contributed by atoms with Crippen LogP contribution in [0.25, 0.3) is 27.6 Å². The summed E-state index contributed by atoms with van der Waals surface area (Å²) >= 11 is 0. The maximum Gasteiger partial charge on any atom is 0.337 e. The van der Waals surface area contributed by atoms with Crippen molar-refractivity contribution in [2.45, 2.75) is 18.0 Å². The second kappa shape index (κ2) is 13.1. The SMILES string of the molecule is COC(=O)[C@H](Cc1ccc(-n2c(=O)c3cncnc3n(C)c2=O)c2ncccc12)NC(c1ccccc1)(c1ccccc1)c1ccccc1. The van der Waals surface area contributed by atoms with Gasteiger partial charge in [0.2, 0.25) is 0 Å². The summed E-state index contributed by atoms with van der Waals surface area (Å²) in [5, 5.41) is 4.64. The van der Waals surface area contributed by atoms with Crippen LogP contribution in [0.4, 0.5) is 0 Å². The molecule has 0 saturated heterocycles. The highest BCUT2D eigenvalue weighted by molar-refractivity contribution is 5.90. The molecule has 3 heterocycles. The van der Waals surface area contributed by atoms with Crippen molar-refractivity contribution in [1.82, 2.24) is 29.4 Å². The quantitative estimate of drug-likeness (QED) is 0.177. The Morgan fingerprint density at radius 3 is 2.00 bits per heavy atom. The van der Waals surface area contributed by atoms with Gasteiger partial charge in [0.1, 0.15) is 17.8 Å². The van der Waals surface area contributed by atoms with Crippen molar-refractivity contribution < 1.29 is 9.53 Å². The van der Waals surface area contributed by atoms with Crippen LogP contribution in [0.5, 0.6) is 0 Å². The Morgan fingerprint density at radius 2 is 1.41 bits per heavy atom. The van der Waals surface area contributed by atoms with Crippen LogP contribution in [-0.2, 0) is 28.5 Å². The van der Waals surface area contributed by atoms with Crippen molar-refractivity contribution in [2.75, 3.05) is 7.11 Å². The molecule has 242 valence electrons. The van der Waals surface area contributed by atoms with Gasteiger partial charge in [-0.1, -0.05) is 103 Å². The Hall–Kier alpha value is -6.26. The molecule has 0 amide bonds. The minimum absolute atomic E-state index is 0.201. The van der Waals surface area contributed by atoms with Crippen LogP contribution >= 0.6 is 0 Å². The van der Waals surface area contributed by atoms with Crippen molar-refractivity contribution in [3.05, 3.63) is 177 Å². The van der Waals surface area contributed by atoms with Crippen molar-refractivity contribution in [2.24, 2.45) is 7.05 Å². The van der Waals surface area contributed by atoms with E-state index in [1.54, 1.807) is 25.4 Å². The summed E-state index contributed by atoms with van der Waals surface area (Å²) in [5.41, 5.74) is 2.52. The topological polar surface area (TPSA) is 121 Å². The number of esters is 1. The number of rotatable bonds is 9. The van der Waals surface area contributed by atoms with Crippen LogP contribution in [0.3, 0.4) is 0 Å². The zero-order valence-corrected chi connectivity index (χ0v) is 26.9. The molecule has 0 fully saturated rings. The van der Waals surface area contributed by atoms with Gasteiger partial charge < -0.3 is 4.74 Å². The molecule has 7 rings (SSSR count). The maximum absolute atomic E-state index is 13.8. The van der Waals surface area contributed by atoms with Gasteiger partial charge in [-0.05, 0) is 40.8 Å². The molecule has 0 saturated carbocycles. The third kappa shape index (κ3) is 5.47. The van der Waals surface area contributed by atoms with Gasteiger partial charge in [0.25, 0.3) is 5.56 Å². The number of hydrogen-bond acceptors (Lipinski definition) is 8. The summed E-state index contributed by atoms with van der Waals surface area (Å²) in [4.78, 5) is 53.8. The van der Waals surface area contributed by atoms with Crippen molar-refractivity contribution in [3.8, 4) is 5.69 Å². The molecule has 10 nitrogen and oxygen atoms in total. The second-order valence-corrected chi connectivity index (χ2v) is 11.7. The van der Waals surface area contributed by atoms with Gasteiger partial charge in [-0.2, -0.15) is 0 Å². The average Bonchev–Trinajstić information content (AvgIpc) is 3.17. The zero-order valence-electron chi connectivity index (χ0n) is 26.9. The number of aromatic nitrogens is 5. The number of benzene rings is 4. The summed E-state index contributed by atoms with van der Waals surface area (Å²) in [6.07, 6.45) is 4.51. The van der Waals surface area contributed by atoms with E-state index in [2.05, 4.69) is 20.3 Å². The van der Waals surface area contributed by atoms with Crippen molar-refractivity contribution in [1.29, 1.82) is 0 Å². The molecule has 7 aromatic rings. The number of aryl methyl sites for hydroxylation is 1. The van der Waals surface area contributed by atoms with E-state index in [1.165, 1.54) is 24.2 Å². The van der Waals surface area contributed by atoms with Gasteiger partial charge in [-0.3, -0.25) is 24.5 Å². The van der Waals surface area contributed by atoms with E-state index < -0.39 is 28.8 Å². The Bertz CT molecular complexity index is 2310. The number of ether oxygens (including phenoxy) is 1. The number of carbonyl (C=O) groups excluding carboxylic acids is 1. The Kier molecular flexibility index (Phi) is 8.38. The molecular weight excluding hydrogens is 616 g/mol. The van der Waals surface area contributed by atoms with E-state index in [4.69, 9.17) is 4.74 Å². The Labute approximate surface area is 281 Å². The van der Waals surface area contributed by atoms with Crippen molar-refractivity contribution in [3.63, 3.8) is 0 Å². The normalized spacial score (nSPS) is 12.2. The van der Waals surface area contributed by atoms with E-state index >= 15 is 0 Å². The number of fused-ring (bicyclic) bond motifs is 2. The molecule has 49 heavy (non-hydrogen) atoms. The van der Waals surface area contributed by atoms with E-state index in [1.807, 2.05) is 103 Å². The predicted molar refractivity (Wildman–Crippen MR) is 188 cm³/mol. The first-order valence-corrected chi connectivity index (χ1v) is 15.7. The van der Waals surface area contributed by atoms with Gasteiger partial charge in [-0.25, -0.2) is 19.3 Å². The maximum atomic E-state index is 13.8. The van der Waals surface area contributed by atoms with Crippen LogP contribution in [0.15, 0.2) is 144 Å². The molecule has 0 aliphatic carbocycles. The van der Waals surface area contributed by atoms with Gasteiger partial charge in [-0.15, -0.1) is 0 Å². The number of carbonyl (C=O) groups is 1. The molecular formula is C39H32N6O4. The molecule has 1 N–H and O–H groups in total. The second-order valence-electron chi connectivity index (χ2n) is 11.7. The highest BCUT2D eigenvalue weighted by atomic mass is 16.5. The third-order valence-electron chi connectivity index (χ3n) is 8.92. The van der Waals surface area contributed by atoms with Crippen LogP contribution in [0.2, 0.25) is 0 Å². The molecule has 0 aliphatic heterocycles.